The van der Waals surface area contributed by atoms with Crippen LogP contribution in [0, 0.1) is 5.92 Å². The number of rotatable bonds is 4. The van der Waals surface area contributed by atoms with Crippen molar-refractivity contribution in [1.29, 1.82) is 0 Å². The monoisotopic (exact) mass is 277 g/mol. The van der Waals surface area contributed by atoms with Crippen molar-refractivity contribution in [3.8, 4) is 10.6 Å². The molecule has 0 saturated carbocycles. The largest absolute Gasteiger partial charge is 0.458 e. The summed E-state index contributed by atoms with van der Waals surface area (Å²) in [5.41, 5.74) is 0. The zero-order valence-electron chi connectivity index (χ0n) is 10.4. The van der Waals surface area contributed by atoms with Crippen LogP contribution in [-0.4, -0.2) is 19.1 Å². The van der Waals surface area contributed by atoms with Crippen LogP contribution in [-0.2, 0) is 16.1 Å². The topological polar surface area (TPSA) is 51.5 Å². The number of thiophene rings is 1. The SMILES string of the molecule is O=C(NCc1ccc(-c2cccs2)o1)[C@H]1CCOC1. The van der Waals surface area contributed by atoms with Gasteiger partial charge < -0.3 is 14.5 Å². The number of nitrogens with one attached hydrogen (secondary N) is 1. The normalized spacial score (nSPS) is 18.6. The van der Waals surface area contributed by atoms with Gasteiger partial charge in [-0.3, -0.25) is 4.79 Å². The van der Waals surface area contributed by atoms with Crippen LogP contribution in [0.3, 0.4) is 0 Å². The number of hydrogen-bond acceptors (Lipinski definition) is 4. The maximum atomic E-state index is 11.8. The molecular weight excluding hydrogens is 262 g/mol. The van der Waals surface area contributed by atoms with Gasteiger partial charge in [-0.05, 0) is 30.0 Å². The summed E-state index contributed by atoms with van der Waals surface area (Å²) in [5, 5.41) is 4.90. The van der Waals surface area contributed by atoms with Gasteiger partial charge in [-0.2, -0.15) is 0 Å². The van der Waals surface area contributed by atoms with Crippen LogP contribution in [0.1, 0.15) is 12.2 Å². The van der Waals surface area contributed by atoms with Crippen LogP contribution in [0.4, 0.5) is 0 Å². The second-order valence-corrected chi connectivity index (χ2v) is 5.47. The molecular formula is C14H15NO3S. The first-order valence-corrected chi connectivity index (χ1v) is 7.19. The molecule has 1 aliphatic rings. The Kier molecular flexibility index (Phi) is 3.66. The Bertz CT molecular complexity index is 541. The summed E-state index contributed by atoms with van der Waals surface area (Å²) < 4.78 is 10.9. The van der Waals surface area contributed by atoms with Gasteiger partial charge in [-0.15, -0.1) is 11.3 Å². The lowest BCUT2D eigenvalue weighted by atomic mass is 10.1. The van der Waals surface area contributed by atoms with Crippen molar-refractivity contribution in [2.75, 3.05) is 13.2 Å². The number of furan rings is 1. The lowest BCUT2D eigenvalue weighted by Gasteiger charge is -2.07. The van der Waals surface area contributed by atoms with E-state index < -0.39 is 0 Å². The van der Waals surface area contributed by atoms with E-state index in [1.54, 1.807) is 11.3 Å². The summed E-state index contributed by atoms with van der Waals surface area (Å²) in [7, 11) is 0. The van der Waals surface area contributed by atoms with Crippen molar-refractivity contribution in [1.82, 2.24) is 5.32 Å². The Morgan fingerprint density at radius 3 is 3.11 bits per heavy atom. The minimum absolute atomic E-state index is 0.00766. The molecule has 4 nitrogen and oxygen atoms in total. The number of amides is 1. The minimum Gasteiger partial charge on any atom is -0.458 e. The smallest absolute Gasteiger partial charge is 0.225 e. The van der Waals surface area contributed by atoms with Gasteiger partial charge in [-0.25, -0.2) is 0 Å². The van der Waals surface area contributed by atoms with E-state index >= 15 is 0 Å². The first-order chi connectivity index (χ1) is 9.33. The Hall–Kier alpha value is -1.59. The predicted molar refractivity (Wildman–Crippen MR) is 72.8 cm³/mol. The summed E-state index contributed by atoms with van der Waals surface area (Å²) >= 11 is 1.64. The molecule has 0 aromatic carbocycles. The molecule has 2 aromatic rings. The average molecular weight is 277 g/mol. The maximum Gasteiger partial charge on any atom is 0.225 e. The van der Waals surface area contributed by atoms with Gasteiger partial charge in [0.25, 0.3) is 0 Å². The average Bonchev–Trinajstić information content (AvgIpc) is 3.14. The summed E-state index contributed by atoms with van der Waals surface area (Å²) in [6, 6.07) is 7.85. The standard InChI is InChI=1S/C14H15NO3S/c16-14(10-5-6-17-9-10)15-8-11-3-4-12(18-11)13-2-1-7-19-13/h1-4,7,10H,5-6,8-9H2,(H,15,16)/t10-/m0/s1. The van der Waals surface area contributed by atoms with Crippen molar-refractivity contribution < 1.29 is 13.9 Å². The van der Waals surface area contributed by atoms with E-state index in [2.05, 4.69) is 5.32 Å². The molecule has 1 N–H and O–H groups in total. The van der Waals surface area contributed by atoms with E-state index in [4.69, 9.17) is 9.15 Å². The molecule has 0 unspecified atom stereocenters. The molecule has 1 fully saturated rings. The van der Waals surface area contributed by atoms with Gasteiger partial charge in [0.1, 0.15) is 11.5 Å². The molecule has 1 atom stereocenters. The van der Waals surface area contributed by atoms with Gasteiger partial charge >= 0.3 is 0 Å². The highest BCUT2D eigenvalue weighted by Crippen LogP contribution is 2.26. The third kappa shape index (κ3) is 2.88. The van der Waals surface area contributed by atoms with Gasteiger partial charge in [0.2, 0.25) is 5.91 Å². The summed E-state index contributed by atoms with van der Waals surface area (Å²) in [5.74, 6) is 1.66. The molecule has 19 heavy (non-hydrogen) atoms. The first-order valence-electron chi connectivity index (χ1n) is 6.31. The molecule has 3 heterocycles. The molecule has 0 radical (unpaired) electrons. The molecule has 1 aliphatic heterocycles. The minimum atomic E-state index is -0.00766. The Morgan fingerprint density at radius 1 is 1.42 bits per heavy atom. The molecule has 100 valence electrons. The van der Waals surface area contributed by atoms with E-state index in [9.17, 15) is 4.79 Å². The van der Waals surface area contributed by atoms with E-state index in [0.29, 0.717) is 19.8 Å². The zero-order valence-corrected chi connectivity index (χ0v) is 11.2. The second-order valence-electron chi connectivity index (χ2n) is 4.52. The van der Waals surface area contributed by atoms with Crippen molar-refractivity contribution in [2.24, 2.45) is 5.92 Å². The van der Waals surface area contributed by atoms with Crippen molar-refractivity contribution in [3.05, 3.63) is 35.4 Å². The number of hydrogen-bond donors (Lipinski definition) is 1. The van der Waals surface area contributed by atoms with Crippen molar-refractivity contribution in [2.45, 2.75) is 13.0 Å². The van der Waals surface area contributed by atoms with Crippen LogP contribution in [0.2, 0.25) is 0 Å². The van der Waals surface area contributed by atoms with Crippen molar-refractivity contribution in [3.63, 3.8) is 0 Å². The van der Waals surface area contributed by atoms with Crippen LogP contribution in [0.5, 0.6) is 0 Å². The second kappa shape index (κ2) is 5.59. The third-order valence-corrected chi connectivity index (χ3v) is 4.05. The van der Waals surface area contributed by atoms with Gasteiger partial charge in [0, 0.05) is 6.61 Å². The van der Waals surface area contributed by atoms with Crippen LogP contribution >= 0.6 is 11.3 Å². The molecule has 0 aliphatic carbocycles. The molecule has 3 rings (SSSR count). The molecule has 1 amide bonds. The molecule has 5 heteroatoms. The van der Waals surface area contributed by atoms with Crippen LogP contribution < -0.4 is 5.32 Å². The van der Waals surface area contributed by atoms with Gasteiger partial charge in [0.05, 0.1) is 23.9 Å². The highest BCUT2D eigenvalue weighted by molar-refractivity contribution is 7.13. The number of carbonyl (C=O) groups is 1. The molecule has 0 bridgehead atoms. The zero-order chi connectivity index (χ0) is 13.1. The molecule has 0 spiro atoms. The van der Waals surface area contributed by atoms with E-state index in [-0.39, 0.29) is 11.8 Å². The lowest BCUT2D eigenvalue weighted by molar-refractivity contribution is -0.125. The summed E-state index contributed by atoms with van der Waals surface area (Å²) in [6.45, 7) is 1.65. The van der Waals surface area contributed by atoms with Crippen LogP contribution in [0.15, 0.2) is 34.1 Å². The lowest BCUT2D eigenvalue weighted by Crippen LogP contribution is -2.30. The fourth-order valence-electron chi connectivity index (χ4n) is 2.08. The predicted octanol–water partition coefficient (Wildman–Crippen LogP) is 2.66. The summed E-state index contributed by atoms with van der Waals surface area (Å²) in [6.07, 6.45) is 0.810. The molecule has 1 saturated heterocycles. The number of carbonyl (C=O) groups excluding carboxylic acids is 1. The Morgan fingerprint density at radius 2 is 2.37 bits per heavy atom. The quantitative estimate of drug-likeness (QED) is 0.934. The van der Waals surface area contributed by atoms with Gasteiger partial charge in [-0.1, -0.05) is 6.07 Å². The van der Waals surface area contributed by atoms with E-state index in [0.717, 1.165) is 22.8 Å². The van der Waals surface area contributed by atoms with Crippen LogP contribution in [0.25, 0.3) is 10.6 Å². The number of ether oxygens (including phenoxy) is 1. The van der Waals surface area contributed by atoms with E-state index in [1.165, 1.54) is 0 Å². The summed E-state index contributed by atoms with van der Waals surface area (Å²) in [4.78, 5) is 12.9. The first kappa shape index (κ1) is 12.4. The third-order valence-electron chi connectivity index (χ3n) is 3.16. The fraction of sp³-hybridized carbons (Fsp3) is 0.357. The Balaban J connectivity index is 1.57. The van der Waals surface area contributed by atoms with Crippen molar-refractivity contribution >= 4 is 17.2 Å². The van der Waals surface area contributed by atoms with E-state index in [1.807, 2.05) is 29.6 Å². The Labute approximate surface area is 115 Å². The highest BCUT2D eigenvalue weighted by atomic mass is 32.1. The molecule has 2 aromatic heterocycles. The highest BCUT2D eigenvalue weighted by Gasteiger charge is 2.23. The van der Waals surface area contributed by atoms with Gasteiger partial charge in [0.15, 0.2) is 0 Å². The maximum absolute atomic E-state index is 11.8. The fourth-order valence-corrected chi connectivity index (χ4v) is 2.77.